The van der Waals surface area contributed by atoms with E-state index in [-0.39, 0.29) is 0 Å². The van der Waals surface area contributed by atoms with Crippen molar-refractivity contribution >= 4 is 34.1 Å². The summed E-state index contributed by atoms with van der Waals surface area (Å²) in [4.78, 5) is 5.12. The quantitative estimate of drug-likeness (QED) is 0.150. The van der Waals surface area contributed by atoms with Crippen molar-refractivity contribution < 1.29 is 0 Å². The zero-order valence-corrected chi connectivity index (χ0v) is 45.6. The Labute approximate surface area is 485 Å². The Morgan fingerprint density at radius 1 is 0.229 bits per heavy atom. The molecule has 0 aromatic heterocycles. The molecule has 83 heavy (non-hydrogen) atoms. The second-order valence-corrected chi connectivity index (χ2v) is 22.5. The third kappa shape index (κ3) is 6.33. The van der Waals surface area contributed by atoms with E-state index in [0.29, 0.717) is 0 Å². The zero-order valence-electron chi connectivity index (χ0n) is 45.6. The van der Waals surface area contributed by atoms with Crippen LogP contribution >= 0.6 is 0 Å². The van der Waals surface area contributed by atoms with Gasteiger partial charge in [0.1, 0.15) is 0 Å². The van der Waals surface area contributed by atoms with Gasteiger partial charge in [0.15, 0.2) is 0 Å². The molecular weight excluding hydrogens is 1000 g/mol. The standard InChI is InChI=1S/C81H54N2/c1-6-28-55(29-7-1)79(56-30-8-2-9-31-56)66-42-20-17-39-63(66)77-70(79)46-26-50-75(77)83(76-51-27-47-71-78(76)64-40-18-21-43-67(64)80(71,57-32-10-3-11-33-57)58-34-12-4-13-35-58)60-52-53-62-61-38-16-19-41-65(61)81(72(62)54-60)68-44-22-24-48-73(68)82(59-36-14-5-15-37-59)74-49-25-23-45-69(74)81/h1-54H. The van der Waals surface area contributed by atoms with Gasteiger partial charge in [0.05, 0.1) is 39.0 Å². The van der Waals surface area contributed by atoms with Crippen LogP contribution in [0.5, 0.6) is 0 Å². The first-order valence-corrected chi connectivity index (χ1v) is 29.0. The number of anilines is 6. The van der Waals surface area contributed by atoms with Crippen LogP contribution in [0.3, 0.4) is 0 Å². The number of benzene rings is 13. The van der Waals surface area contributed by atoms with Crippen molar-refractivity contribution in [1.82, 2.24) is 0 Å². The Bertz CT molecular complexity index is 4370. The summed E-state index contributed by atoms with van der Waals surface area (Å²) in [5.74, 6) is 0. The molecule has 2 nitrogen and oxygen atoms in total. The molecule has 2 heteroatoms. The van der Waals surface area contributed by atoms with Gasteiger partial charge in [-0.2, -0.15) is 0 Å². The molecule has 0 bridgehead atoms. The maximum absolute atomic E-state index is 2.65. The van der Waals surface area contributed by atoms with Crippen LogP contribution in [-0.2, 0) is 16.2 Å². The minimum atomic E-state index is -0.673. The van der Waals surface area contributed by atoms with Crippen molar-refractivity contribution in [3.63, 3.8) is 0 Å². The number of para-hydroxylation sites is 3. The Morgan fingerprint density at radius 3 is 1.01 bits per heavy atom. The lowest BCUT2D eigenvalue weighted by Crippen LogP contribution is -2.36. The Kier molecular flexibility index (Phi) is 10.4. The van der Waals surface area contributed by atoms with Gasteiger partial charge in [-0.3, -0.25) is 0 Å². The summed E-state index contributed by atoms with van der Waals surface area (Å²) in [5.41, 5.74) is 27.4. The number of fused-ring (bicyclic) bond motifs is 15. The van der Waals surface area contributed by atoms with Gasteiger partial charge >= 0.3 is 0 Å². The van der Waals surface area contributed by atoms with E-state index >= 15 is 0 Å². The molecular formula is C81H54N2. The van der Waals surface area contributed by atoms with Crippen molar-refractivity contribution in [2.45, 2.75) is 16.2 Å². The Morgan fingerprint density at radius 2 is 0.566 bits per heavy atom. The molecule has 1 aliphatic heterocycles. The fourth-order valence-electron chi connectivity index (χ4n) is 15.8. The summed E-state index contributed by atoms with van der Waals surface area (Å²) in [6.45, 7) is 0. The predicted octanol–water partition coefficient (Wildman–Crippen LogP) is 20.0. The molecule has 0 fully saturated rings. The summed E-state index contributed by atoms with van der Waals surface area (Å²) in [6.07, 6.45) is 0. The summed E-state index contributed by atoms with van der Waals surface area (Å²) < 4.78 is 0. The average molecular weight is 1060 g/mol. The highest BCUT2D eigenvalue weighted by Gasteiger charge is 2.53. The van der Waals surface area contributed by atoms with E-state index in [2.05, 4.69) is 337 Å². The van der Waals surface area contributed by atoms with E-state index in [9.17, 15) is 0 Å². The van der Waals surface area contributed by atoms with Crippen molar-refractivity contribution in [3.8, 4) is 33.4 Å². The van der Waals surface area contributed by atoms with E-state index in [4.69, 9.17) is 0 Å². The first-order valence-electron chi connectivity index (χ1n) is 29.0. The highest BCUT2D eigenvalue weighted by molar-refractivity contribution is 6.04. The van der Waals surface area contributed by atoms with Gasteiger partial charge in [-0.1, -0.05) is 279 Å². The molecule has 0 radical (unpaired) electrons. The first-order chi connectivity index (χ1) is 41.2. The van der Waals surface area contributed by atoms with Crippen molar-refractivity contribution in [1.29, 1.82) is 0 Å². The maximum Gasteiger partial charge on any atom is 0.0755 e. The second-order valence-electron chi connectivity index (χ2n) is 22.5. The highest BCUT2D eigenvalue weighted by atomic mass is 15.2. The molecule has 1 heterocycles. The smallest absolute Gasteiger partial charge is 0.0755 e. The highest BCUT2D eigenvalue weighted by Crippen LogP contribution is 2.66. The van der Waals surface area contributed by atoms with Crippen molar-refractivity contribution in [3.05, 3.63) is 394 Å². The van der Waals surface area contributed by atoms with E-state index in [1.807, 2.05) is 0 Å². The lowest BCUT2D eigenvalue weighted by Gasteiger charge is -2.45. The predicted molar refractivity (Wildman–Crippen MR) is 341 cm³/mol. The first kappa shape index (κ1) is 47.3. The van der Waals surface area contributed by atoms with Gasteiger partial charge in [-0.05, 0) is 138 Å². The molecule has 17 rings (SSSR count). The molecule has 388 valence electrons. The van der Waals surface area contributed by atoms with E-state index < -0.39 is 16.2 Å². The second kappa shape index (κ2) is 18.2. The van der Waals surface area contributed by atoms with Crippen molar-refractivity contribution in [2.24, 2.45) is 0 Å². The van der Waals surface area contributed by atoms with Crippen molar-refractivity contribution in [2.75, 3.05) is 9.80 Å². The van der Waals surface area contributed by atoms with Gasteiger partial charge in [0.25, 0.3) is 0 Å². The zero-order chi connectivity index (χ0) is 54.7. The number of hydrogen-bond donors (Lipinski definition) is 0. The molecule has 0 saturated carbocycles. The minimum absolute atomic E-state index is 0.610. The van der Waals surface area contributed by atoms with Gasteiger partial charge in [-0.25, -0.2) is 0 Å². The summed E-state index contributed by atoms with van der Waals surface area (Å²) in [5, 5.41) is 0. The summed E-state index contributed by atoms with van der Waals surface area (Å²) in [6, 6.07) is 123. The summed E-state index contributed by atoms with van der Waals surface area (Å²) >= 11 is 0. The van der Waals surface area contributed by atoms with E-state index in [1.54, 1.807) is 0 Å². The fraction of sp³-hybridized carbons (Fsp3) is 0.0370. The third-order valence-electron chi connectivity index (χ3n) is 18.8. The van der Waals surface area contributed by atoms with Crippen LogP contribution in [0.2, 0.25) is 0 Å². The van der Waals surface area contributed by atoms with Crippen LogP contribution in [-0.4, -0.2) is 0 Å². The molecule has 1 spiro atoms. The molecule has 3 aliphatic carbocycles. The number of nitrogens with zero attached hydrogens (tertiary/aromatic N) is 2. The third-order valence-corrected chi connectivity index (χ3v) is 18.8. The maximum atomic E-state index is 2.65. The van der Waals surface area contributed by atoms with Crippen LogP contribution in [0.1, 0.15) is 66.8 Å². The molecule has 0 amide bonds. The van der Waals surface area contributed by atoms with E-state index in [1.165, 1.54) is 112 Å². The van der Waals surface area contributed by atoms with Gasteiger partial charge < -0.3 is 9.80 Å². The van der Waals surface area contributed by atoms with Crippen LogP contribution in [0.25, 0.3) is 33.4 Å². The largest absolute Gasteiger partial charge is 0.310 e. The van der Waals surface area contributed by atoms with Gasteiger partial charge in [-0.15, -0.1) is 0 Å². The minimum Gasteiger partial charge on any atom is -0.310 e. The molecule has 0 N–H and O–H groups in total. The number of rotatable bonds is 8. The average Bonchev–Trinajstić information content (AvgIpc) is 4.31. The van der Waals surface area contributed by atoms with Crippen LogP contribution in [0, 0.1) is 0 Å². The molecule has 0 unspecified atom stereocenters. The van der Waals surface area contributed by atoms with Gasteiger partial charge in [0.2, 0.25) is 0 Å². The molecule has 0 saturated heterocycles. The molecule has 0 atom stereocenters. The topological polar surface area (TPSA) is 6.48 Å². The molecule has 13 aromatic rings. The number of hydrogen-bond acceptors (Lipinski definition) is 2. The Balaban J connectivity index is 1.01. The van der Waals surface area contributed by atoms with Crippen LogP contribution in [0.15, 0.2) is 328 Å². The monoisotopic (exact) mass is 1050 g/mol. The summed E-state index contributed by atoms with van der Waals surface area (Å²) in [7, 11) is 0. The fourth-order valence-corrected chi connectivity index (χ4v) is 15.8. The molecule has 4 aliphatic rings. The van der Waals surface area contributed by atoms with Gasteiger partial charge in [0, 0.05) is 22.5 Å². The van der Waals surface area contributed by atoms with E-state index in [0.717, 1.165) is 22.7 Å². The normalized spacial score (nSPS) is 14.5. The van der Waals surface area contributed by atoms with Crippen LogP contribution in [0.4, 0.5) is 34.1 Å². The lowest BCUT2D eigenvalue weighted by atomic mass is 9.64. The Hall–Kier alpha value is -10.5. The SMILES string of the molecule is c1ccc(N2c3ccccc3C3(c4ccccc4-c4ccc(N(c5cccc6c5-c5ccccc5C6(c5ccccc5)c5ccccc5)c5cccc6c5-c5ccccc5C6(c5ccccc5)c5ccccc5)cc43)c3ccccc32)cc1. The van der Waals surface area contributed by atoms with Crippen LogP contribution < -0.4 is 9.80 Å². The molecule has 13 aromatic carbocycles. The lowest BCUT2D eigenvalue weighted by molar-refractivity contribution is 0.752.